The molecule has 0 aromatic heterocycles. The molecule has 1 fully saturated rings. The molecule has 3 rings (SSSR count). The Morgan fingerprint density at radius 1 is 1.08 bits per heavy atom. The van der Waals surface area contributed by atoms with Gasteiger partial charge in [-0.25, -0.2) is 0 Å². The van der Waals surface area contributed by atoms with Crippen LogP contribution < -0.4 is 10.6 Å². The van der Waals surface area contributed by atoms with E-state index >= 15 is 0 Å². The maximum absolute atomic E-state index is 13.4. The molecule has 1 aromatic carbocycles. The first-order chi connectivity index (χ1) is 11.8. The Morgan fingerprint density at radius 2 is 1.72 bits per heavy atom. The molecule has 0 radical (unpaired) electrons. The first-order valence-corrected chi connectivity index (χ1v) is 8.14. The molecule has 3 amide bonds. The van der Waals surface area contributed by atoms with Gasteiger partial charge in [-0.2, -0.15) is 13.2 Å². The van der Waals surface area contributed by atoms with Crippen LogP contribution >= 0.6 is 0 Å². The number of carbonyl (C=O) groups excluding carboxylic acids is 3. The number of alkyl halides is 3. The van der Waals surface area contributed by atoms with Crippen LogP contribution in [0.5, 0.6) is 0 Å². The summed E-state index contributed by atoms with van der Waals surface area (Å²) in [5, 5.41) is 4.16. The smallest absolute Gasteiger partial charge is 0.340 e. The van der Waals surface area contributed by atoms with Gasteiger partial charge in [0.05, 0.1) is 11.1 Å². The molecule has 1 aliphatic heterocycles. The predicted molar refractivity (Wildman–Crippen MR) is 82.1 cm³/mol. The summed E-state index contributed by atoms with van der Waals surface area (Å²) >= 11 is 0. The average Bonchev–Trinajstić information content (AvgIpc) is 2.86. The zero-order valence-corrected chi connectivity index (χ0v) is 13.3. The lowest BCUT2D eigenvalue weighted by atomic mass is 9.83. The van der Waals surface area contributed by atoms with Crippen molar-refractivity contribution in [3.8, 4) is 0 Å². The van der Waals surface area contributed by atoms with Crippen molar-refractivity contribution < 1.29 is 27.6 Å². The zero-order chi connectivity index (χ0) is 18.2. The normalized spacial score (nSPS) is 19.3. The van der Waals surface area contributed by atoms with Crippen LogP contribution in [0.4, 0.5) is 13.2 Å². The summed E-state index contributed by atoms with van der Waals surface area (Å²) in [5.41, 5.74) is 0.0359. The summed E-state index contributed by atoms with van der Waals surface area (Å²) in [5.74, 6) is -2.78. The molecule has 2 N–H and O–H groups in total. The number of rotatable bonds is 3. The highest BCUT2D eigenvalue weighted by atomic mass is 19.4. The molecule has 134 valence electrons. The molecule has 8 heteroatoms. The third-order valence-electron chi connectivity index (χ3n) is 4.76. The molecule has 1 aromatic rings. The van der Waals surface area contributed by atoms with Gasteiger partial charge in [0.1, 0.15) is 6.04 Å². The number of halogens is 3. The Morgan fingerprint density at radius 3 is 2.36 bits per heavy atom. The molecule has 0 spiro atoms. The topological polar surface area (TPSA) is 75.3 Å². The predicted octanol–water partition coefficient (Wildman–Crippen LogP) is 2.81. The number of hydrogen-bond acceptors (Lipinski definition) is 3. The van der Waals surface area contributed by atoms with E-state index in [9.17, 15) is 27.6 Å². The molecule has 1 unspecified atom stereocenters. The van der Waals surface area contributed by atoms with E-state index in [1.807, 2.05) is 0 Å². The second-order valence-electron chi connectivity index (χ2n) is 6.43. The van der Waals surface area contributed by atoms with E-state index in [-0.39, 0.29) is 16.7 Å². The Labute approximate surface area is 142 Å². The molecule has 5 nitrogen and oxygen atoms in total. The van der Waals surface area contributed by atoms with Crippen molar-refractivity contribution in [2.75, 3.05) is 0 Å². The zero-order valence-electron chi connectivity index (χ0n) is 13.3. The molecule has 0 bridgehead atoms. The Bertz CT molecular complexity index is 724. The number of benzene rings is 1. The molecule has 1 aliphatic carbocycles. The Hall–Kier alpha value is -2.38. The van der Waals surface area contributed by atoms with Crippen molar-refractivity contribution in [1.82, 2.24) is 10.6 Å². The van der Waals surface area contributed by atoms with E-state index < -0.39 is 35.9 Å². The average molecular weight is 354 g/mol. The quantitative estimate of drug-likeness (QED) is 0.820. The van der Waals surface area contributed by atoms with Gasteiger partial charge in [-0.05, 0) is 37.0 Å². The van der Waals surface area contributed by atoms with Crippen molar-refractivity contribution in [3.63, 3.8) is 0 Å². The third-order valence-corrected chi connectivity index (χ3v) is 4.76. The highest BCUT2D eigenvalue weighted by Gasteiger charge is 2.45. The van der Waals surface area contributed by atoms with Crippen LogP contribution in [-0.2, 0) is 0 Å². The van der Waals surface area contributed by atoms with E-state index in [0.717, 1.165) is 12.5 Å². The molecule has 1 atom stereocenters. The summed E-state index contributed by atoms with van der Waals surface area (Å²) in [6, 6.07) is 1.76. The summed E-state index contributed by atoms with van der Waals surface area (Å²) in [7, 11) is 0. The van der Waals surface area contributed by atoms with Gasteiger partial charge in [-0.3, -0.25) is 19.7 Å². The molecular weight excluding hydrogens is 337 g/mol. The fraction of sp³-hybridized carbons (Fsp3) is 0.471. The Kier molecular flexibility index (Phi) is 4.53. The highest BCUT2D eigenvalue weighted by molar-refractivity contribution is 6.22. The van der Waals surface area contributed by atoms with E-state index in [4.69, 9.17) is 0 Å². The van der Waals surface area contributed by atoms with Crippen molar-refractivity contribution in [2.24, 2.45) is 5.92 Å². The summed E-state index contributed by atoms with van der Waals surface area (Å²) < 4.78 is 40.2. The van der Waals surface area contributed by atoms with Gasteiger partial charge < -0.3 is 5.32 Å². The Balaban J connectivity index is 1.81. The van der Waals surface area contributed by atoms with Crippen LogP contribution in [0, 0.1) is 5.92 Å². The second kappa shape index (κ2) is 6.50. The minimum atomic E-state index is -4.54. The molecule has 0 saturated heterocycles. The van der Waals surface area contributed by atoms with Crippen molar-refractivity contribution in [3.05, 3.63) is 34.9 Å². The maximum Gasteiger partial charge on any atom is 0.408 e. The van der Waals surface area contributed by atoms with Gasteiger partial charge in [-0.15, -0.1) is 0 Å². The summed E-state index contributed by atoms with van der Waals surface area (Å²) in [6.45, 7) is 0. The largest absolute Gasteiger partial charge is 0.408 e. The molecule has 1 heterocycles. The lowest BCUT2D eigenvalue weighted by Crippen LogP contribution is -2.50. The lowest BCUT2D eigenvalue weighted by Gasteiger charge is -2.32. The van der Waals surface area contributed by atoms with Crippen LogP contribution in [0.1, 0.15) is 63.2 Å². The highest BCUT2D eigenvalue weighted by Crippen LogP contribution is 2.34. The van der Waals surface area contributed by atoms with Crippen LogP contribution in [0.25, 0.3) is 0 Å². The van der Waals surface area contributed by atoms with E-state index in [1.165, 1.54) is 12.1 Å². The van der Waals surface area contributed by atoms with Gasteiger partial charge in [0.2, 0.25) is 0 Å². The number of nitrogens with one attached hydrogen (secondary N) is 2. The van der Waals surface area contributed by atoms with Gasteiger partial charge >= 0.3 is 6.18 Å². The van der Waals surface area contributed by atoms with Crippen LogP contribution in [-0.4, -0.2) is 29.9 Å². The molecule has 2 aliphatic rings. The van der Waals surface area contributed by atoms with Gasteiger partial charge in [-0.1, -0.05) is 19.3 Å². The van der Waals surface area contributed by atoms with Crippen molar-refractivity contribution in [1.29, 1.82) is 0 Å². The second-order valence-corrected chi connectivity index (χ2v) is 6.43. The number of carbonyl (C=O) groups is 3. The van der Waals surface area contributed by atoms with Gasteiger partial charge in [0, 0.05) is 5.56 Å². The molecule has 1 saturated carbocycles. The fourth-order valence-electron chi connectivity index (χ4n) is 3.47. The summed E-state index contributed by atoms with van der Waals surface area (Å²) in [6.07, 6.45) is -1.36. The number of fused-ring (bicyclic) bond motifs is 1. The van der Waals surface area contributed by atoms with E-state index in [1.54, 1.807) is 0 Å². The number of imide groups is 1. The van der Waals surface area contributed by atoms with Crippen molar-refractivity contribution in [2.45, 2.75) is 44.3 Å². The maximum atomic E-state index is 13.4. The van der Waals surface area contributed by atoms with Gasteiger partial charge in [0.15, 0.2) is 0 Å². The number of amides is 3. The minimum absolute atomic E-state index is 0.00104. The first kappa shape index (κ1) is 17.4. The minimum Gasteiger partial charge on any atom is -0.340 e. The van der Waals surface area contributed by atoms with Gasteiger partial charge in [0.25, 0.3) is 17.7 Å². The van der Waals surface area contributed by atoms with Crippen LogP contribution in [0.3, 0.4) is 0 Å². The standard InChI is InChI=1S/C17H17F3N2O3/c18-17(19,20)13(9-4-2-1-3-5-9)21-14(23)10-6-7-11-12(8-10)16(25)22-15(11)24/h6-9,13H,1-5H2,(H,21,23)(H,22,24,25). The van der Waals surface area contributed by atoms with Crippen molar-refractivity contribution >= 4 is 17.7 Å². The van der Waals surface area contributed by atoms with Crippen LogP contribution in [0.2, 0.25) is 0 Å². The lowest BCUT2D eigenvalue weighted by molar-refractivity contribution is -0.167. The van der Waals surface area contributed by atoms with Crippen LogP contribution in [0.15, 0.2) is 18.2 Å². The SMILES string of the molecule is O=C(NC(C1CCCCC1)C(F)(F)F)c1ccc2c(c1)C(=O)NC2=O. The summed E-state index contributed by atoms with van der Waals surface area (Å²) in [4.78, 5) is 35.4. The fourth-order valence-corrected chi connectivity index (χ4v) is 3.47. The van der Waals surface area contributed by atoms with E-state index in [0.29, 0.717) is 25.7 Å². The molecule has 25 heavy (non-hydrogen) atoms. The first-order valence-electron chi connectivity index (χ1n) is 8.14. The molecular formula is C17H17F3N2O3. The third kappa shape index (κ3) is 3.52. The monoisotopic (exact) mass is 354 g/mol. The van der Waals surface area contributed by atoms with E-state index in [2.05, 4.69) is 10.6 Å². The number of hydrogen-bond donors (Lipinski definition) is 2.